The van der Waals surface area contributed by atoms with Crippen LogP contribution in [0.2, 0.25) is 0 Å². The van der Waals surface area contributed by atoms with Crippen LogP contribution in [0.5, 0.6) is 0 Å². The lowest BCUT2D eigenvalue weighted by atomic mass is 10.2. The van der Waals surface area contributed by atoms with E-state index in [0.717, 1.165) is 19.5 Å². The lowest BCUT2D eigenvalue weighted by molar-refractivity contribution is 0.282. The molecule has 0 radical (unpaired) electrons. The van der Waals surface area contributed by atoms with Crippen molar-refractivity contribution < 1.29 is 5.11 Å². The van der Waals surface area contributed by atoms with Gasteiger partial charge in [-0.1, -0.05) is 12.8 Å². The van der Waals surface area contributed by atoms with E-state index in [9.17, 15) is 0 Å². The van der Waals surface area contributed by atoms with E-state index in [1.807, 2.05) is 11.8 Å². The van der Waals surface area contributed by atoms with Crippen LogP contribution in [-0.4, -0.2) is 36.8 Å². The minimum absolute atomic E-state index is 0.347. The van der Waals surface area contributed by atoms with Gasteiger partial charge in [0.1, 0.15) is 0 Å². The number of aliphatic hydroxyl groups is 1. The molecule has 0 atom stereocenters. The Morgan fingerprint density at radius 3 is 2.50 bits per heavy atom. The highest BCUT2D eigenvalue weighted by molar-refractivity contribution is 7.98. The van der Waals surface area contributed by atoms with Crippen molar-refractivity contribution in [2.45, 2.75) is 25.7 Å². The maximum atomic E-state index is 8.52. The second-order valence-electron chi connectivity index (χ2n) is 2.88. The molecule has 0 aromatic carbocycles. The summed E-state index contributed by atoms with van der Waals surface area (Å²) in [5, 5.41) is 11.9. The molecule has 2 N–H and O–H groups in total. The molecule has 0 bridgehead atoms. The number of nitrogens with one attached hydrogen (secondary N) is 1. The normalized spacial score (nSPS) is 10.5. The third kappa shape index (κ3) is 10.3. The molecular weight excluding hydrogens is 170 g/mol. The van der Waals surface area contributed by atoms with E-state index < -0.39 is 0 Å². The van der Waals surface area contributed by atoms with E-state index in [1.54, 1.807) is 0 Å². The highest BCUT2D eigenvalue weighted by Crippen LogP contribution is 1.97. The quantitative estimate of drug-likeness (QED) is 0.542. The van der Waals surface area contributed by atoms with Gasteiger partial charge in [0.2, 0.25) is 0 Å². The van der Waals surface area contributed by atoms with Gasteiger partial charge < -0.3 is 10.4 Å². The molecule has 74 valence electrons. The summed E-state index contributed by atoms with van der Waals surface area (Å²) in [6.45, 7) is 2.60. The molecule has 0 saturated heterocycles. The smallest absolute Gasteiger partial charge is 0.0431 e. The highest BCUT2D eigenvalue weighted by Gasteiger charge is 1.89. The average Bonchev–Trinajstić information content (AvgIpc) is 2.10. The van der Waals surface area contributed by atoms with Crippen LogP contribution >= 0.6 is 11.8 Å². The first kappa shape index (κ1) is 12.3. The van der Waals surface area contributed by atoms with Crippen LogP contribution < -0.4 is 5.32 Å². The molecule has 0 unspecified atom stereocenters. The summed E-state index contributed by atoms with van der Waals surface area (Å²) in [4.78, 5) is 0. The van der Waals surface area contributed by atoms with Crippen molar-refractivity contribution in [1.29, 1.82) is 0 Å². The van der Waals surface area contributed by atoms with Gasteiger partial charge in [0.25, 0.3) is 0 Å². The van der Waals surface area contributed by atoms with Crippen LogP contribution in [0.4, 0.5) is 0 Å². The van der Waals surface area contributed by atoms with Crippen molar-refractivity contribution in [1.82, 2.24) is 5.32 Å². The lowest BCUT2D eigenvalue weighted by Crippen LogP contribution is -2.18. The summed E-state index contributed by atoms with van der Waals surface area (Å²) in [6, 6.07) is 0. The van der Waals surface area contributed by atoms with E-state index >= 15 is 0 Å². The second-order valence-corrected chi connectivity index (χ2v) is 3.87. The van der Waals surface area contributed by atoms with E-state index in [4.69, 9.17) is 5.11 Å². The molecule has 3 heteroatoms. The fourth-order valence-corrected chi connectivity index (χ4v) is 1.36. The fourth-order valence-electron chi connectivity index (χ4n) is 1.01. The number of hydrogen-bond donors (Lipinski definition) is 2. The summed E-state index contributed by atoms with van der Waals surface area (Å²) in [5.41, 5.74) is 0. The molecule has 0 amide bonds. The standard InChI is InChI=1S/C9H21NOS/c1-12-9-7-10-6-4-2-3-5-8-11/h10-11H,2-9H2,1H3. The number of aliphatic hydroxyl groups excluding tert-OH is 1. The van der Waals surface area contributed by atoms with Crippen molar-refractivity contribution in [3.05, 3.63) is 0 Å². The monoisotopic (exact) mass is 191 g/mol. The molecule has 0 aromatic heterocycles. The van der Waals surface area contributed by atoms with E-state index in [0.29, 0.717) is 6.61 Å². The minimum atomic E-state index is 0.347. The first-order chi connectivity index (χ1) is 5.91. The third-order valence-electron chi connectivity index (χ3n) is 1.74. The van der Waals surface area contributed by atoms with Crippen LogP contribution in [0.3, 0.4) is 0 Å². The Kier molecular flexibility index (Phi) is 11.5. The largest absolute Gasteiger partial charge is 0.396 e. The zero-order chi connectivity index (χ0) is 9.07. The van der Waals surface area contributed by atoms with Gasteiger partial charge in [-0.15, -0.1) is 0 Å². The molecule has 0 aliphatic carbocycles. The van der Waals surface area contributed by atoms with Gasteiger partial charge in [0.05, 0.1) is 0 Å². The first-order valence-corrected chi connectivity index (χ1v) is 6.11. The Labute approximate surface area is 80.1 Å². The first-order valence-electron chi connectivity index (χ1n) is 4.72. The molecule has 0 spiro atoms. The SMILES string of the molecule is CSCCNCCCCCCO. The molecule has 0 fully saturated rings. The zero-order valence-electron chi connectivity index (χ0n) is 8.01. The van der Waals surface area contributed by atoms with Crippen LogP contribution in [0.15, 0.2) is 0 Å². The Morgan fingerprint density at radius 1 is 1.08 bits per heavy atom. The van der Waals surface area contributed by atoms with Gasteiger partial charge in [-0.3, -0.25) is 0 Å². The average molecular weight is 191 g/mol. The number of hydrogen-bond acceptors (Lipinski definition) is 3. The summed E-state index contributed by atoms with van der Waals surface area (Å²) in [7, 11) is 0. The Balaban J connectivity index is 2.73. The van der Waals surface area contributed by atoms with Crippen molar-refractivity contribution in [3.63, 3.8) is 0 Å². The summed E-state index contributed by atoms with van der Waals surface area (Å²) in [6.07, 6.45) is 6.75. The van der Waals surface area contributed by atoms with Crippen molar-refractivity contribution in [2.24, 2.45) is 0 Å². The number of unbranched alkanes of at least 4 members (excludes halogenated alkanes) is 3. The molecule has 0 aliphatic heterocycles. The molecule has 12 heavy (non-hydrogen) atoms. The van der Waals surface area contributed by atoms with Crippen LogP contribution in [0.1, 0.15) is 25.7 Å². The molecule has 0 saturated carbocycles. The van der Waals surface area contributed by atoms with E-state index in [2.05, 4.69) is 11.6 Å². The minimum Gasteiger partial charge on any atom is -0.396 e. The van der Waals surface area contributed by atoms with Crippen molar-refractivity contribution in [2.75, 3.05) is 31.7 Å². The van der Waals surface area contributed by atoms with E-state index in [1.165, 1.54) is 25.0 Å². The highest BCUT2D eigenvalue weighted by atomic mass is 32.2. The third-order valence-corrected chi connectivity index (χ3v) is 2.36. The Hall–Kier alpha value is 0.270. The van der Waals surface area contributed by atoms with E-state index in [-0.39, 0.29) is 0 Å². The summed E-state index contributed by atoms with van der Waals surface area (Å²) < 4.78 is 0. The van der Waals surface area contributed by atoms with Gasteiger partial charge in [-0.25, -0.2) is 0 Å². The Morgan fingerprint density at radius 2 is 1.83 bits per heavy atom. The van der Waals surface area contributed by atoms with Gasteiger partial charge in [0, 0.05) is 18.9 Å². The molecule has 0 aliphatic rings. The van der Waals surface area contributed by atoms with Crippen LogP contribution in [0, 0.1) is 0 Å². The maximum Gasteiger partial charge on any atom is 0.0431 e. The fraction of sp³-hybridized carbons (Fsp3) is 1.00. The van der Waals surface area contributed by atoms with Crippen LogP contribution in [-0.2, 0) is 0 Å². The van der Waals surface area contributed by atoms with Gasteiger partial charge in [-0.2, -0.15) is 11.8 Å². The Bertz CT molecular complexity index is 70.9. The molecule has 0 aromatic rings. The molecule has 0 rings (SSSR count). The van der Waals surface area contributed by atoms with Crippen molar-refractivity contribution >= 4 is 11.8 Å². The summed E-state index contributed by atoms with van der Waals surface area (Å²) >= 11 is 1.88. The topological polar surface area (TPSA) is 32.3 Å². The predicted molar refractivity (Wildman–Crippen MR) is 56.8 cm³/mol. The molecule has 0 heterocycles. The predicted octanol–water partition coefficient (Wildman–Crippen LogP) is 1.49. The van der Waals surface area contributed by atoms with Crippen LogP contribution in [0.25, 0.3) is 0 Å². The van der Waals surface area contributed by atoms with Gasteiger partial charge in [0.15, 0.2) is 0 Å². The summed E-state index contributed by atoms with van der Waals surface area (Å²) in [5.74, 6) is 1.20. The lowest BCUT2D eigenvalue weighted by Gasteiger charge is -2.02. The molecule has 2 nitrogen and oxygen atoms in total. The number of rotatable bonds is 9. The number of thioether (sulfide) groups is 1. The second kappa shape index (κ2) is 11.3. The molecular formula is C9H21NOS. The zero-order valence-corrected chi connectivity index (χ0v) is 8.83. The maximum absolute atomic E-state index is 8.52. The van der Waals surface area contributed by atoms with Crippen molar-refractivity contribution in [3.8, 4) is 0 Å². The van der Waals surface area contributed by atoms with Gasteiger partial charge >= 0.3 is 0 Å². The van der Waals surface area contributed by atoms with Gasteiger partial charge in [-0.05, 0) is 25.6 Å².